The Morgan fingerprint density at radius 2 is 1.76 bits per heavy atom. The molecule has 0 amide bonds. The fourth-order valence-electron chi connectivity index (χ4n) is 3.65. The van der Waals surface area contributed by atoms with Crippen molar-refractivity contribution in [1.82, 2.24) is 19.2 Å². The Bertz CT molecular complexity index is 1530. The van der Waals surface area contributed by atoms with Gasteiger partial charge in [-0.05, 0) is 36.4 Å². The summed E-state index contributed by atoms with van der Waals surface area (Å²) in [6, 6.07) is 24.1. The Labute approximate surface area is 196 Å². The molecule has 0 aliphatic rings. The van der Waals surface area contributed by atoms with Crippen molar-refractivity contribution in [2.45, 2.75) is 10.1 Å². The molecule has 0 saturated carbocycles. The van der Waals surface area contributed by atoms with Gasteiger partial charge in [0.25, 0.3) is 5.56 Å². The van der Waals surface area contributed by atoms with E-state index in [4.69, 9.17) is 4.74 Å². The monoisotopic (exact) mass is 476 g/mol. The van der Waals surface area contributed by atoms with Gasteiger partial charge in [-0.1, -0.05) is 48.2 Å². The molecule has 7 nitrogen and oxygen atoms in total. The van der Waals surface area contributed by atoms with Crippen LogP contribution in [0, 0.1) is 0 Å². The summed E-state index contributed by atoms with van der Waals surface area (Å²) in [5.41, 5.74) is 1.19. The molecule has 5 rings (SSSR count). The van der Waals surface area contributed by atoms with Crippen LogP contribution in [0.15, 0.2) is 93.7 Å². The highest BCUT2D eigenvalue weighted by atomic mass is 32.2. The van der Waals surface area contributed by atoms with Crippen molar-refractivity contribution in [2.24, 2.45) is 0 Å². The first-order chi connectivity index (χ1) is 16.2. The topological polar surface area (TPSA) is 78.5 Å². The number of methoxy groups -OCH3 is 1. The maximum absolute atomic E-state index is 13.4. The van der Waals surface area contributed by atoms with E-state index < -0.39 is 10.8 Å². The van der Waals surface area contributed by atoms with Crippen LogP contribution in [-0.4, -0.2) is 42.0 Å². The molecule has 2 aromatic heterocycles. The zero-order valence-corrected chi connectivity index (χ0v) is 19.4. The predicted molar refractivity (Wildman–Crippen MR) is 131 cm³/mol. The summed E-state index contributed by atoms with van der Waals surface area (Å²) < 4.78 is 21.4. The molecule has 0 bridgehead atoms. The maximum atomic E-state index is 13.4. The van der Waals surface area contributed by atoms with Crippen LogP contribution in [0.3, 0.4) is 0 Å². The van der Waals surface area contributed by atoms with Crippen molar-refractivity contribution in [3.05, 3.63) is 89.2 Å². The molecule has 0 aliphatic heterocycles. The van der Waals surface area contributed by atoms with Gasteiger partial charge < -0.3 is 4.74 Å². The second-order valence-corrected chi connectivity index (χ2v) is 9.82. The van der Waals surface area contributed by atoms with Crippen LogP contribution in [0.1, 0.15) is 0 Å². The van der Waals surface area contributed by atoms with Gasteiger partial charge in [-0.2, -0.15) is 0 Å². The first kappa shape index (κ1) is 21.4. The molecular formula is C24H20N4O3S2. The van der Waals surface area contributed by atoms with E-state index >= 15 is 0 Å². The van der Waals surface area contributed by atoms with E-state index in [2.05, 4.69) is 10.2 Å². The van der Waals surface area contributed by atoms with E-state index in [1.807, 2.05) is 71.1 Å². The molecule has 3 aromatic carbocycles. The molecule has 0 saturated heterocycles. The Morgan fingerprint density at radius 1 is 0.970 bits per heavy atom. The fourth-order valence-corrected chi connectivity index (χ4v) is 5.88. The quantitative estimate of drug-likeness (QED) is 0.331. The summed E-state index contributed by atoms with van der Waals surface area (Å²) in [7, 11) is 0.492. The van der Waals surface area contributed by atoms with Gasteiger partial charge >= 0.3 is 0 Å². The highest BCUT2D eigenvalue weighted by Crippen LogP contribution is 2.24. The maximum Gasteiger partial charge on any atom is 0.267 e. The second-order valence-electron chi connectivity index (χ2n) is 7.19. The Morgan fingerprint density at radius 3 is 2.58 bits per heavy atom. The SMILES string of the molecule is COc1cccc(-n2c(=O)c3ccccc3n3c(SCC[S@](=O)c4ccccc4)nnc23)c1. The Balaban J connectivity index is 1.57. The van der Waals surface area contributed by atoms with Gasteiger partial charge in [0.15, 0.2) is 5.16 Å². The summed E-state index contributed by atoms with van der Waals surface area (Å²) in [5, 5.41) is 9.93. The van der Waals surface area contributed by atoms with Crippen molar-refractivity contribution < 1.29 is 8.95 Å². The molecule has 5 aromatic rings. The number of ether oxygens (including phenoxy) is 1. The van der Waals surface area contributed by atoms with Gasteiger partial charge in [-0.15, -0.1) is 10.2 Å². The van der Waals surface area contributed by atoms with Crippen molar-refractivity contribution in [1.29, 1.82) is 0 Å². The minimum atomic E-state index is -1.09. The van der Waals surface area contributed by atoms with E-state index in [1.165, 1.54) is 11.8 Å². The largest absolute Gasteiger partial charge is 0.497 e. The van der Waals surface area contributed by atoms with Gasteiger partial charge in [0.1, 0.15) is 5.75 Å². The van der Waals surface area contributed by atoms with Crippen LogP contribution in [0.2, 0.25) is 0 Å². The summed E-state index contributed by atoms with van der Waals surface area (Å²) in [6.45, 7) is 0. The number of hydrogen-bond donors (Lipinski definition) is 0. The van der Waals surface area contributed by atoms with Gasteiger partial charge in [0.05, 0.1) is 34.5 Å². The molecule has 0 unspecified atom stereocenters. The van der Waals surface area contributed by atoms with Crippen LogP contribution >= 0.6 is 11.8 Å². The average molecular weight is 477 g/mol. The number of thioether (sulfide) groups is 1. The molecule has 33 heavy (non-hydrogen) atoms. The van der Waals surface area contributed by atoms with Crippen molar-refractivity contribution >= 4 is 39.2 Å². The van der Waals surface area contributed by atoms with Crippen LogP contribution in [0.5, 0.6) is 5.75 Å². The van der Waals surface area contributed by atoms with E-state index in [1.54, 1.807) is 23.8 Å². The molecule has 0 aliphatic carbocycles. The summed E-state index contributed by atoms with van der Waals surface area (Å²) in [4.78, 5) is 14.2. The van der Waals surface area contributed by atoms with Crippen molar-refractivity contribution in [3.8, 4) is 11.4 Å². The molecule has 0 fully saturated rings. The highest BCUT2D eigenvalue weighted by Gasteiger charge is 2.18. The Kier molecular flexibility index (Phi) is 5.97. The minimum Gasteiger partial charge on any atom is -0.497 e. The molecule has 166 valence electrons. The number of hydrogen-bond acceptors (Lipinski definition) is 6. The fraction of sp³-hybridized carbons (Fsp3) is 0.125. The number of aromatic nitrogens is 4. The lowest BCUT2D eigenvalue weighted by molar-refractivity contribution is 0.414. The normalized spacial score (nSPS) is 12.3. The Hall–Kier alpha value is -3.43. The molecule has 1 atom stereocenters. The molecular weight excluding hydrogens is 456 g/mol. The van der Waals surface area contributed by atoms with Crippen LogP contribution in [0.25, 0.3) is 22.4 Å². The van der Waals surface area contributed by atoms with Gasteiger partial charge in [0.2, 0.25) is 5.78 Å². The highest BCUT2D eigenvalue weighted by molar-refractivity contribution is 8.00. The average Bonchev–Trinajstić information content (AvgIpc) is 3.28. The first-order valence-electron chi connectivity index (χ1n) is 10.3. The third kappa shape index (κ3) is 4.05. The summed E-state index contributed by atoms with van der Waals surface area (Å²) in [6.07, 6.45) is 0. The van der Waals surface area contributed by atoms with Crippen molar-refractivity contribution in [3.63, 3.8) is 0 Å². The summed E-state index contributed by atoms with van der Waals surface area (Å²) in [5.74, 6) is 2.13. The van der Waals surface area contributed by atoms with E-state index in [9.17, 15) is 9.00 Å². The lowest BCUT2D eigenvalue weighted by Crippen LogP contribution is -2.21. The van der Waals surface area contributed by atoms with E-state index in [0.29, 0.717) is 39.3 Å². The molecule has 2 heterocycles. The number of para-hydroxylation sites is 1. The van der Waals surface area contributed by atoms with E-state index in [0.717, 1.165) is 10.4 Å². The predicted octanol–water partition coefficient (Wildman–Crippen LogP) is 3.94. The van der Waals surface area contributed by atoms with Crippen LogP contribution in [-0.2, 0) is 10.8 Å². The zero-order chi connectivity index (χ0) is 22.8. The smallest absolute Gasteiger partial charge is 0.267 e. The number of rotatable bonds is 7. The standard InChI is InChI=1S/C24H20N4O3S2/c1-31-18-9-7-8-17(16-18)27-22(29)20-12-5-6-13-21(20)28-23(27)25-26-24(28)32-14-15-33(30)19-10-3-2-4-11-19/h2-13,16H,14-15H2,1H3/t33-/m0/s1. The molecule has 0 spiro atoms. The zero-order valence-electron chi connectivity index (χ0n) is 17.7. The molecule has 9 heteroatoms. The van der Waals surface area contributed by atoms with Crippen molar-refractivity contribution in [2.75, 3.05) is 18.6 Å². The lowest BCUT2D eigenvalue weighted by atomic mass is 10.2. The van der Waals surface area contributed by atoms with Gasteiger partial charge in [-0.3, -0.25) is 13.4 Å². The lowest BCUT2D eigenvalue weighted by Gasteiger charge is -2.12. The molecule has 0 radical (unpaired) electrons. The van der Waals surface area contributed by atoms with Crippen LogP contribution in [0.4, 0.5) is 0 Å². The number of benzene rings is 3. The number of fused-ring (bicyclic) bond motifs is 3. The van der Waals surface area contributed by atoms with Gasteiger partial charge in [-0.25, -0.2) is 4.57 Å². The third-order valence-electron chi connectivity index (χ3n) is 5.21. The third-order valence-corrected chi connectivity index (χ3v) is 7.77. The summed E-state index contributed by atoms with van der Waals surface area (Å²) >= 11 is 1.47. The van der Waals surface area contributed by atoms with Crippen LogP contribution < -0.4 is 10.3 Å². The first-order valence-corrected chi connectivity index (χ1v) is 12.6. The second kappa shape index (κ2) is 9.21. The van der Waals surface area contributed by atoms with Gasteiger partial charge in [0, 0.05) is 22.5 Å². The minimum absolute atomic E-state index is 0.180. The van der Waals surface area contributed by atoms with E-state index in [-0.39, 0.29) is 5.56 Å². The number of nitrogens with zero attached hydrogens (tertiary/aromatic N) is 4. The molecule has 0 N–H and O–H groups in total.